The molecule has 1 heterocycles. The minimum Gasteiger partial charge on any atom is -0.385 e. The summed E-state index contributed by atoms with van der Waals surface area (Å²) in [5.74, 6) is -1.34. The summed E-state index contributed by atoms with van der Waals surface area (Å²) in [7, 11) is 1.40. The van der Waals surface area contributed by atoms with Crippen LogP contribution in [0.5, 0.6) is 0 Å². The predicted octanol–water partition coefficient (Wildman–Crippen LogP) is 2.13. The molecule has 2 rings (SSSR count). The van der Waals surface area contributed by atoms with Gasteiger partial charge in [0.05, 0.1) is 11.3 Å². The molecule has 1 aromatic rings. The van der Waals surface area contributed by atoms with Crippen LogP contribution in [0, 0.1) is 0 Å². The molecule has 7 nitrogen and oxygen atoms in total. The van der Waals surface area contributed by atoms with Crippen LogP contribution in [0.4, 0.5) is 29.3 Å². The largest absolute Gasteiger partial charge is 0.418 e. The number of anilines is 2. The molecule has 4 amide bonds. The van der Waals surface area contributed by atoms with E-state index in [-0.39, 0.29) is 18.7 Å². The quantitative estimate of drug-likeness (QED) is 0.789. The van der Waals surface area contributed by atoms with Crippen LogP contribution in [-0.2, 0) is 20.5 Å². The van der Waals surface area contributed by atoms with Gasteiger partial charge in [0.2, 0.25) is 5.91 Å². The first-order valence-corrected chi connectivity index (χ1v) is 7.27. The standard InChI is InChI=1S/C15H16F3N3O4/c1-8(22)19-9-3-4-12(10(7-9)15(16,17)18)21-13(23)11(5-6-25-2)20-14(21)24/h3-4,7,11H,5-6H2,1-2H3,(H,19,22)(H,20,24)/t11-/m0/s1. The number of imide groups is 1. The third kappa shape index (κ3) is 4.08. The van der Waals surface area contributed by atoms with Crippen LogP contribution in [0.3, 0.4) is 0 Å². The van der Waals surface area contributed by atoms with Gasteiger partial charge in [0.1, 0.15) is 6.04 Å². The van der Waals surface area contributed by atoms with Gasteiger partial charge in [0, 0.05) is 32.7 Å². The summed E-state index contributed by atoms with van der Waals surface area (Å²) in [6.07, 6.45) is -4.68. The highest BCUT2D eigenvalue weighted by Gasteiger charge is 2.43. The molecule has 1 saturated heterocycles. The van der Waals surface area contributed by atoms with E-state index >= 15 is 0 Å². The first-order valence-electron chi connectivity index (χ1n) is 7.27. The SMILES string of the molecule is COCC[C@@H]1NC(=O)N(c2ccc(NC(C)=O)cc2C(F)(F)F)C1=O. The highest BCUT2D eigenvalue weighted by atomic mass is 19.4. The number of alkyl halides is 3. The second-order valence-electron chi connectivity index (χ2n) is 5.37. The van der Waals surface area contributed by atoms with Crippen LogP contribution in [0.15, 0.2) is 18.2 Å². The molecule has 10 heteroatoms. The third-order valence-electron chi connectivity index (χ3n) is 3.49. The second kappa shape index (κ2) is 7.09. The number of benzene rings is 1. The maximum absolute atomic E-state index is 13.4. The lowest BCUT2D eigenvalue weighted by Gasteiger charge is -2.20. The van der Waals surface area contributed by atoms with Crippen LogP contribution in [0.2, 0.25) is 0 Å². The molecule has 136 valence electrons. The molecule has 0 bridgehead atoms. The Kier molecular flexibility index (Phi) is 5.31. The number of methoxy groups -OCH3 is 1. The minimum atomic E-state index is -4.82. The summed E-state index contributed by atoms with van der Waals surface area (Å²) in [4.78, 5) is 35.8. The Morgan fingerprint density at radius 3 is 2.60 bits per heavy atom. The lowest BCUT2D eigenvalue weighted by Crippen LogP contribution is -2.33. The zero-order valence-electron chi connectivity index (χ0n) is 13.4. The first-order chi connectivity index (χ1) is 11.6. The zero-order chi connectivity index (χ0) is 18.8. The number of nitrogens with zero attached hydrogens (tertiary/aromatic N) is 1. The van der Waals surface area contributed by atoms with Crippen molar-refractivity contribution in [2.24, 2.45) is 0 Å². The number of ether oxygens (including phenoxy) is 1. The number of urea groups is 1. The van der Waals surface area contributed by atoms with Crippen molar-refractivity contribution in [2.45, 2.75) is 25.6 Å². The Bertz CT molecular complexity index is 706. The van der Waals surface area contributed by atoms with Crippen molar-refractivity contribution < 1.29 is 32.3 Å². The van der Waals surface area contributed by atoms with Gasteiger partial charge in [-0.25, -0.2) is 9.69 Å². The van der Waals surface area contributed by atoms with Gasteiger partial charge in [-0.1, -0.05) is 0 Å². The maximum atomic E-state index is 13.4. The van der Waals surface area contributed by atoms with Crippen molar-refractivity contribution in [2.75, 3.05) is 23.9 Å². The molecular weight excluding hydrogens is 343 g/mol. The fraction of sp³-hybridized carbons (Fsp3) is 0.400. The van der Waals surface area contributed by atoms with Crippen LogP contribution >= 0.6 is 0 Å². The smallest absolute Gasteiger partial charge is 0.385 e. The van der Waals surface area contributed by atoms with Crippen LogP contribution in [-0.4, -0.2) is 37.6 Å². The van der Waals surface area contributed by atoms with E-state index in [9.17, 15) is 27.6 Å². The number of rotatable bonds is 5. The van der Waals surface area contributed by atoms with Crippen molar-refractivity contribution in [1.82, 2.24) is 5.32 Å². The molecule has 2 N–H and O–H groups in total. The van der Waals surface area contributed by atoms with Gasteiger partial charge in [0.15, 0.2) is 0 Å². The van der Waals surface area contributed by atoms with Crippen molar-refractivity contribution in [3.63, 3.8) is 0 Å². The Labute approximate surface area is 141 Å². The van der Waals surface area contributed by atoms with Crippen molar-refractivity contribution in [1.29, 1.82) is 0 Å². The normalized spacial score (nSPS) is 17.6. The van der Waals surface area contributed by atoms with Gasteiger partial charge in [-0.15, -0.1) is 0 Å². The summed E-state index contributed by atoms with van der Waals surface area (Å²) < 4.78 is 44.9. The molecule has 1 atom stereocenters. The van der Waals surface area contributed by atoms with E-state index in [1.165, 1.54) is 13.2 Å². The molecule has 0 unspecified atom stereocenters. The fourth-order valence-corrected chi connectivity index (χ4v) is 2.43. The number of amides is 4. The molecule has 25 heavy (non-hydrogen) atoms. The Balaban J connectivity index is 2.42. The summed E-state index contributed by atoms with van der Waals surface area (Å²) in [6.45, 7) is 1.32. The molecule has 0 aromatic heterocycles. The van der Waals surface area contributed by atoms with Crippen LogP contribution in [0.25, 0.3) is 0 Å². The lowest BCUT2D eigenvalue weighted by molar-refractivity contribution is -0.137. The summed E-state index contributed by atoms with van der Waals surface area (Å²) in [5, 5.41) is 4.57. The van der Waals surface area contributed by atoms with Gasteiger partial charge in [-0.3, -0.25) is 9.59 Å². The van der Waals surface area contributed by atoms with Gasteiger partial charge >= 0.3 is 12.2 Å². The number of hydrogen-bond acceptors (Lipinski definition) is 4. The van der Waals surface area contributed by atoms with E-state index in [2.05, 4.69) is 10.6 Å². The Morgan fingerprint density at radius 1 is 1.36 bits per heavy atom. The van der Waals surface area contributed by atoms with E-state index in [1.54, 1.807) is 0 Å². The van der Waals surface area contributed by atoms with Gasteiger partial charge in [-0.05, 0) is 18.2 Å². The second-order valence-corrected chi connectivity index (χ2v) is 5.37. The monoisotopic (exact) mass is 359 g/mol. The number of halogens is 3. The van der Waals surface area contributed by atoms with Crippen molar-refractivity contribution in [3.05, 3.63) is 23.8 Å². The molecule has 0 saturated carbocycles. The minimum absolute atomic E-state index is 0.0911. The van der Waals surface area contributed by atoms with Gasteiger partial charge in [0.25, 0.3) is 5.91 Å². The highest BCUT2D eigenvalue weighted by Crippen LogP contribution is 2.39. The average Bonchev–Trinajstić information content (AvgIpc) is 2.78. The third-order valence-corrected chi connectivity index (χ3v) is 3.49. The molecule has 1 aliphatic rings. The maximum Gasteiger partial charge on any atom is 0.418 e. The molecule has 0 radical (unpaired) electrons. The van der Waals surface area contributed by atoms with Gasteiger partial charge in [-0.2, -0.15) is 13.2 Å². The molecule has 0 spiro atoms. The highest BCUT2D eigenvalue weighted by molar-refractivity contribution is 6.21. The van der Waals surface area contributed by atoms with Crippen LogP contribution in [0.1, 0.15) is 18.9 Å². The molecule has 0 aliphatic carbocycles. The Hall–Kier alpha value is -2.62. The number of nitrogens with one attached hydrogen (secondary N) is 2. The number of carbonyl (C=O) groups excluding carboxylic acids is 3. The number of hydrogen-bond donors (Lipinski definition) is 2. The van der Waals surface area contributed by atoms with E-state index in [1.807, 2.05) is 0 Å². The number of carbonyl (C=O) groups is 3. The first kappa shape index (κ1) is 18.7. The van der Waals surface area contributed by atoms with E-state index < -0.39 is 41.3 Å². The molecule has 1 aromatic carbocycles. The van der Waals surface area contributed by atoms with E-state index in [4.69, 9.17) is 4.74 Å². The van der Waals surface area contributed by atoms with Crippen LogP contribution < -0.4 is 15.5 Å². The summed E-state index contributed by atoms with van der Waals surface area (Å²) in [6, 6.07) is 0.950. The molecule has 1 aliphatic heterocycles. The van der Waals surface area contributed by atoms with Crippen molar-refractivity contribution >= 4 is 29.2 Å². The summed E-state index contributed by atoms with van der Waals surface area (Å²) >= 11 is 0. The Morgan fingerprint density at radius 2 is 2.04 bits per heavy atom. The van der Waals surface area contributed by atoms with E-state index in [0.29, 0.717) is 11.0 Å². The predicted molar refractivity (Wildman–Crippen MR) is 82.0 cm³/mol. The molecular formula is C15H16F3N3O4. The van der Waals surface area contributed by atoms with Gasteiger partial charge < -0.3 is 15.4 Å². The topological polar surface area (TPSA) is 87.7 Å². The van der Waals surface area contributed by atoms with Crippen molar-refractivity contribution in [3.8, 4) is 0 Å². The average molecular weight is 359 g/mol. The van der Waals surface area contributed by atoms with E-state index in [0.717, 1.165) is 13.0 Å². The lowest BCUT2D eigenvalue weighted by atomic mass is 10.1. The fourth-order valence-electron chi connectivity index (χ4n) is 2.43. The zero-order valence-corrected chi connectivity index (χ0v) is 13.4. The summed E-state index contributed by atoms with van der Waals surface area (Å²) in [5.41, 5.74) is -1.88. The molecule has 1 fully saturated rings.